The number of hydrogen-bond acceptors (Lipinski definition) is 8. The molecule has 22 heavy (non-hydrogen) atoms. The van der Waals surface area contributed by atoms with Gasteiger partial charge in [0.15, 0.2) is 0 Å². The van der Waals surface area contributed by atoms with Crippen LogP contribution < -0.4 is 0 Å². The van der Waals surface area contributed by atoms with Crippen LogP contribution >= 0.6 is 0 Å². The average molecular weight is 316 g/mol. The molecule has 8 nitrogen and oxygen atoms in total. The normalized spacial score (nSPS) is 21.5. The van der Waals surface area contributed by atoms with E-state index in [-0.39, 0.29) is 52.1 Å². The topological polar surface area (TPSA) is 127 Å². The maximum absolute atomic E-state index is 11.9. The predicted octanol–water partition coefficient (Wildman–Crippen LogP) is -0.998. The monoisotopic (exact) mass is 316 g/mol. The van der Waals surface area contributed by atoms with E-state index in [0.29, 0.717) is 0 Å². The van der Waals surface area contributed by atoms with E-state index in [9.17, 15) is 19.2 Å². The fourth-order valence-corrected chi connectivity index (χ4v) is 2.02. The fraction of sp³-hybridized carbons (Fsp3) is 0.714. The van der Waals surface area contributed by atoms with E-state index in [1.54, 1.807) is 0 Å². The number of carbonyl (C=O) groups excluding carboxylic acids is 4. The maximum atomic E-state index is 11.9. The number of ether oxygens (including phenoxy) is 2. The van der Waals surface area contributed by atoms with Crippen LogP contribution in [0.15, 0.2) is 0 Å². The second kappa shape index (κ2) is 9.26. The molecule has 0 aromatic carbocycles. The molecule has 0 aromatic heterocycles. The molecule has 0 heterocycles. The third kappa shape index (κ3) is 5.19. The van der Waals surface area contributed by atoms with Crippen LogP contribution in [0.3, 0.4) is 0 Å². The van der Waals surface area contributed by atoms with Gasteiger partial charge in [0.2, 0.25) is 0 Å². The Bertz CT molecular complexity index is 391. The van der Waals surface area contributed by atoms with Gasteiger partial charge in [-0.05, 0) is 0 Å². The molecule has 0 saturated heterocycles. The van der Waals surface area contributed by atoms with Crippen LogP contribution in [0.4, 0.5) is 0 Å². The molecular weight excluding hydrogens is 296 g/mol. The molecule has 1 rings (SSSR count). The van der Waals surface area contributed by atoms with Gasteiger partial charge in [0.1, 0.15) is 23.4 Å². The van der Waals surface area contributed by atoms with Crippen molar-refractivity contribution < 1.29 is 38.9 Å². The number of esters is 2. The summed E-state index contributed by atoms with van der Waals surface area (Å²) in [6, 6.07) is 0. The highest BCUT2D eigenvalue weighted by Crippen LogP contribution is 2.25. The van der Waals surface area contributed by atoms with Gasteiger partial charge in [-0.3, -0.25) is 19.2 Å². The van der Waals surface area contributed by atoms with Crippen LogP contribution in [0.1, 0.15) is 25.7 Å². The Morgan fingerprint density at radius 3 is 1.55 bits per heavy atom. The van der Waals surface area contributed by atoms with Crippen molar-refractivity contribution in [3.05, 3.63) is 0 Å². The van der Waals surface area contributed by atoms with Gasteiger partial charge >= 0.3 is 11.9 Å². The quantitative estimate of drug-likeness (QED) is 0.332. The van der Waals surface area contributed by atoms with Crippen molar-refractivity contribution in [1.29, 1.82) is 0 Å². The smallest absolute Gasteiger partial charge is 0.316 e. The molecule has 0 amide bonds. The minimum atomic E-state index is -1.19. The average Bonchev–Trinajstić information content (AvgIpc) is 2.49. The second-order valence-corrected chi connectivity index (χ2v) is 4.94. The molecule has 2 unspecified atom stereocenters. The zero-order valence-electron chi connectivity index (χ0n) is 12.2. The molecule has 1 aliphatic rings. The number of aliphatic hydroxyl groups is 2. The molecule has 0 aliphatic heterocycles. The number of hydrogen-bond donors (Lipinski definition) is 2. The van der Waals surface area contributed by atoms with E-state index >= 15 is 0 Å². The van der Waals surface area contributed by atoms with Crippen molar-refractivity contribution in [1.82, 2.24) is 0 Å². The molecule has 0 bridgehead atoms. The number of ketones is 2. The summed E-state index contributed by atoms with van der Waals surface area (Å²) < 4.78 is 9.60. The van der Waals surface area contributed by atoms with Gasteiger partial charge in [-0.15, -0.1) is 0 Å². The summed E-state index contributed by atoms with van der Waals surface area (Å²) in [4.78, 5) is 47.2. The zero-order chi connectivity index (χ0) is 16.5. The molecule has 1 aliphatic carbocycles. The van der Waals surface area contributed by atoms with Gasteiger partial charge in [0.05, 0.1) is 13.2 Å². The van der Waals surface area contributed by atoms with E-state index in [4.69, 9.17) is 19.7 Å². The Morgan fingerprint density at radius 1 is 0.864 bits per heavy atom. The maximum Gasteiger partial charge on any atom is 0.316 e. The third-order valence-electron chi connectivity index (χ3n) is 3.25. The Balaban J connectivity index is 2.53. The molecule has 8 heteroatoms. The molecule has 2 atom stereocenters. The largest absolute Gasteiger partial charge is 0.465 e. The summed E-state index contributed by atoms with van der Waals surface area (Å²) in [6.07, 6.45) is -0.256. The van der Waals surface area contributed by atoms with Crippen LogP contribution in [0.5, 0.6) is 0 Å². The number of Topliss-reactive ketones (excluding diaryl/α,β-unsaturated/α-hetero) is 2. The van der Waals surface area contributed by atoms with Crippen molar-refractivity contribution >= 4 is 23.5 Å². The van der Waals surface area contributed by atoms with E-state index in [0.717, 1.165) is 0 Å². The Morgan fingerprint density at radius 2 is 1.23 bits per heavy atom. The highest BCUT2D eigenvalue weighted by molar-refractivity contribution is 6.12. The summed E-state index contributed by atoms with van der Waals surface area (Å²) in [6.45, 7) is -0.348. The highest BCUT2D eigenvalue weighted by Gasteiger charge is 2.43. The van der Waals surface area contributed by atoms with Crippen LogP contribution in [-0.2, 0) is 28.7 Å². The van der Waals surface area contributed by atoms with Crippen molar-refractivity contribution in [2.24, 2.45) is 11.8 Å². The van der Waals surface area contributed by atoms with Crippen LogP contribution in [0.25, 0.3) is 0 Å². The molecule has 1 fully saturated rings. The van der Waals surface area contributed by atoms with Crippen LogP contribution in [0, 0.1) is 11.8 Å². The molecular formula is C14H20O8. The van der Waals surface area contributed by atoms with Crippen LogP contribution in [-0.4, -0.2) is 60.1 Å². The van der Waals surface area contributed by atoms with Gasteiger partial charge in [-0.1, -0.05) is 0 Å². The van der Waals surface area contributed by atoms with Crippen molar-refractivity contribution in [3.8, 4) is 0 Å². The molecule has 1 saturated carbocycles. The first-order valence-corrected chi connectivity index (χ1v) is 7.11. The standard InChI is InChI=1S/C14H20O8/c15-3-1-5-21-13(19)9-7-12(18)10(8-11(9)17)14(20)22-6-2-4-16/h9-10,15-16H,1-8H2. The van der Waals surface area contributed by atoms with E-state index in [1.165, 1.54) is 0 Å². The Kier molecular flexibility index (Phi) is 7.69. The number of carbonyl (C=O) groups is 4. The molecule has 0 aromatic rings. The molecule has 124 valence electrons. The molecule has 2 N–H and O–H groups in total. The third-order valence-corrected chi connectivity index (χ3v) is 3.25. The number of rotatable bonds is 8. The Hall–Kier alpha value is -1.80. The highest BCUT2D eigenvalue weighted by atomic mass is 16.5. The van der Waals surface area contributed by atoms with Gasteiger partial charge in [0.25, 0.3) is 0 Å². The zero-order valence-corrected chi connectivity index (χ0v) is 12.2. The first-order chi connectivity index (χ1) is 10.5. The second-order valence-electron chi connectivity index (χ2n) is 4.94. The minimum Gasteiger partial charge on any atom is -0.465 e. The van der Waals surface area contributed by atoms with E-state index in [1.807, 2.05) is 0 Å². The van der Waals surface area contributed by atoms with Crippen molar-refractivity contribution in [2.75, 3.05) is 26.4 Å². The lowest BCUT2D eigenvalue weighted by atomic mass is 9.80. The van der Waals surface area contributed by atoms with Gasteiger partial charge in [-0.2, -0.15) is 0 Å². The van der Waals surface area contributed by atoms with Crippen molar-refractivity contribution in [3.63, 3.8) is 0 Å². The fourth-order valence-electron chi connectivity index (χ4n) is 2.02. The summed E-state index contributed by atoms with van der Waals surface area (Å²) in [5.41, 5.74) is 0. The van der Waals surface area contributed by atoms with Gasteiger partial charge in [-0.25, -0.2) is 0 Å². The summed E-state index contributed by atoms with van der Waals surface area (Å²) >= 11 is 0. The van der Waals surface area contributed by atoms with E-state index < -0.39 is 35.3 Å². The van der Waals surface area contributed by atoms with Crippen molar-refractivity contribution in [2.45, 2.75) is 25.7 Å². The SMILES string of the molecule is O=C1CC(C(=O)OCCCO)C(=O)CC1C(=O)OCCCO. The van der Waals surface area contributed by atoms with E-state index in [2.05, 4.69) is 0 Å². The van der Waals surface area contributed by atoms with Gasteiger partial charge in [0, 0.05) is 38.9 Å². The van der Waals surface area contributed by atoms with Crippen LogP contribution in [0.2, 0.25) is 0 Å². The lowest BCUT2D eigenvalue weighted by Gasteiger charge is -2.24. The molecule has 0 radical (unpaired) electrons. The lowest BCUT2D eigenvalue weighted by Crippen LogP contribution is -2.41. The minimum absolute atomic E-state index is 0.0278. The number of aliphatic hydroxyl groups excluding tert-OH is 2. The summed E-state index contributed by atoms with van der Waals surface area (Å²) in [5.74, 6) is -5.05. The first-order valence-electron chi connectivity index (χ1n) is 7.11. The van der Waals surface area contributed by atoms with Gasteiger partial charge < -0.3 is 19.7 Å². The summed E-state index contributed by atoms with van der Waals surface area (Å²) in [7, 11) is 0. The summed E-state index contributed by atoms with van der Waals surface area (Å²) in [5, 5.41) is 17.2. The Labute approximate surface area is 127 Å². The first kappa shape index (κ1) is 18.2. The predicted molar refractivity (Wildman–Crippen MR) is 71.6 cm³/mol. The lowest BCUT2D eigenvalue weighted by molar-refractivity contribution is -0.163. The molecule has 0 spiro atoms.